The van der Waals surface area contributed by atoms with Gasteiger partial charge < -0.3 is 10.2 Å². The molecule has 0 bridgehead atoms. The van der Waals surface area contributed by atoms with Crippen molar-refractivity contribution in [1.82, 2.24) is 15.3 Å². The molecule has 4 atom stereocenters. The summed E-state index contributed by atoms with van der Waals surface area (Å²) in [6.07, 6.45) is 7.43. The Labute approximate surface area is 244 Å². The van der Waals surface area contributed by atoms with Crippen LogP contribution >= 0.6 is 0 Å². The van der Waals surface area contributed by atoms with Gasteiger partial charge in [-0.05, 0) is 46.9 Å². The van der Waals surface area contributed by atoms with Gasteiger partial charge in [-0.2, -0.15) is 5.10 Å². The van der Waals surface area contributed by atoms with Crippen molar-refractivity contribution in [2.24, 2.45) is 11.8 Å². The van der Waals surface area contributed by atoms with Crippen LogP contribution in [0.25, 0.3) is 11.1 Å². The summed E-state index contributed by atoms with van der Waals surface area (Å²) in [6.45, 7) is 7.83. The number of aromatic nitrogens is 2. The van der Waals surface area contributed by atoms with Gasteiger partial charge in [0.15, 0.2) is 6.54 Å². The summed E-state index contributed by atoms with van der Waals surface area (Å²) in [5.74, 6) is 1.47. The normalized spacial score (nSPS) is 22.8. The smallest absolute Gasteiger partial charge is 0.228 e. The van der Waals surface area contributed by atoms with Gasteiger partial charge in [0.2, 0.25) is 12.1 Å². The lowest BCUT2D eigenvalue weighted by Crippen LogP contribution is -2.45. The molecule has 0 aliphatic carbocycles. The summed E-state index contributed by atoms with van der Waals surface area (Å²) in [5, 5.41) is 7.02. The molecule has 0 spiro atoms. The van der Waals surface area contributed by atoms with Gasteiger partial charge in [-0.3, -0.25) is 4.79 Å². The van der Waals surface area contributed by atoms with Crippen molar-refractivity contribution >= 4 is 5.91 Å². The molecule has 2 N–H and O–H groups in total. The molecule has 0 unspecified atom stereocenters. The second-order valence-corrected chi connectivity index (χ2v) is 12.3. The van der Waals surface area contributed by atoms with Gasteiger partial charge in [0.05, 0.1) is 23.7 Å². The first kappa shape index (κ1) is 27.5. The molecular formula is C36H43N4O+. The highest BCUT2D eigenvalue weighted by Crippen LogP contribution is 2.42. The van der Waals surface area contributed by atoms with Crippen molar-refractivity contribution in [3.05, 3.63) is 114 Å². The SMILES string of the molecule is CC(C)CC[n+]1cc(-c2ccccc2[C@@H]2CNC[C@H]2C(=O)N2CC[C@H](c3ccccc3)C[C@@H]2c2ccccc2)c[nH]1. The maximum Gasteiger partial charge on any atom is 0.228 e. The molecule has 41 heavy (non-hydrogen) atoms. The Balaban J connectivity index is 1.26. The van der Waals surface area contributed by atoms with Gasteiger partial charge in [-0.25, -0.2) is 0 Å². The minimum atomic E-state index is -0.0809. The molecule has 3 aromatic carbocycles. The van der Waals surface area contributed by atoms with Crippen LogP contribution in [0.2, 0.25) is 0 Å². The molecule has 212 valence electrons. The highest BCUT2D eigenvalue weighted by atomic mass is 16.2. The summed E-state index contributed by atoms with van der Waals surface area (Å²) >= 11 is 0. The van der Waals surface area contributed by atoms with Gasteiger partial charge in [0.25, 0.3) is 0 Å². The second-order valence-electron chi connectivity index (χ2n) is 12.3. The summed E-state index contributed by atoms with van der Waals surface area (Å²) in [4.78, 5) is 16.7. The fraction of sp³-hybridized carbons (Fsp3) is 0.389. The Bertz CT molecular complexity index is 1430. The first-order valence-corrected chi connectivity index (χ1v) is 15.4. The summed E-state index contributed by atoms with van der Waals surface area (Å²) in [6, 6.07) is 30.2. The lowest BCUT2D eigenvalue weighted by molar-refractivity contribution is -0.750. The largest absolute Gasteiger partial charge is 0.335 e. The highest BCUT2D eigenvalue weighted by Gasteiger charge is 2.41. The van der Waals surface area contributed by atoms with E-state index in [1.54, 1.807) is 0 Å². The number of nitrogens with zero attached hydrogens (tertiary/aromatic N) is 2. The van der Waals surface area contributed by atoms with Crippen molar-refractivity contribution in [2.75, 3.05) is 19.6 Å². The molecule has 0 radical (unpaired) electrons. The van der Waals surface area contributed by atoms with Gasteiger partial charge in [0, 0.05) is 32.0 Å². The zero-order chi connectivity index (χ0) is 28.2. The van der Waals surface area contributed by atoms with Crippen LogP contribution in [0.5, 0.6) is 0 Å². The van der Waals surface area contributed by atoms with Crippen LogP contribution in [0, 0.1) is 11.8 Å². The minimum Gasteiger partial charge on any atom is -0.335 e. The molecule has 1 aromatic heterocycles. The van der Waals surface area contributed by atoms with E-state index in [4.69, 9.17) is 0 Å². The van der Waals surface area contributed by atoms with Crippen molar-refractivity contribution in [3.63, 3.8) is 0 Å². The topological polar surface area (TPSA) is 52.0 Å². The number of carbonyl (C=O) groups excluding carboxylic acids is 1. The number of rotatable bonds is 8. The number of hydrogen-bond donors (Lipinski definition) is 2. The third kappa shape index (κ3) is 6.01. The monoisotopic (exact) mass is 547 g/mol. The number of amides is 1. The molecule has 5 nitrogen and oxygen atoms in total. The maximum atomic E-state index is 14.5. The molecule has 2 aliphatic rings. The summed E-state index contributed by atoms with van der Waals surface area (Å²) in [7, 11) is 0. The third-order valence-corrected chi connectivity index (χ3v) is 9.17. The van der Waals surface area contributed by atoms with Gasteiger partial charge in [0.1, 0.15) is 0 Å². The number of aryl methyl sites for hydroxylation is 1. The fourth-order valence-corrected chi connectivity index (χ4v) is 6.88. The zero-order valence-corrected chi connectivity index (χ0v) is 24.4. The molecule has 6 rings (SSSR count). The fourth-order valence-electron chi connectivity index (χ4n) is 6.88. The summed E-state index contributed by atoms with van der Waals surface area (Å²) in [5.41, 5.74) is 6.30. The molecule has 2 aliphatic heterocycles. The number of aromatic amines is 1. The van der Waals surface area contributed by atoms with Crippen molar-refractivity contribution in [2.45, 2.75) is 57.5 Å². The Morgan fingerprint density at radius 1 is 0.927 bits per heavy atom. The van der Waals surface area contributed by atoms with Crippen LogP contribution in [-0.2, 0) is 11.3 Å². The summed E-state index contributed by atoms with van der Waals surface area (Å²) < 4.78 is 2.18. The molecule has 2 fully saturated rings. The van der Waals surface area contributed by atoms with Crippen LogP contribution in [0.4, 0.5) is 0 Å². The number of piperidine rings is 1. The quantitative estimate of drug-likeness (QED) is 0.249. The van der Waals surface area contributed by atoms with Crippen LogP contribution in [0.1, 0.15) is 67.7 Å². The predicted octanol–water partition coefficient (Wildman–Crippen LogP) is 6.47. The molecular weight excluding hydrogens is 504 g/mol. The zero-order valence-electron chi connectivity index (χ0n) is 24.4. The van der Waals surface area contributed by atoms with E-state index >= 15 is 0 Å². The van der Waals surface area contributed by atoms with Crippen molar-refractivity contribution in [1.29, 1.82) is 0 Å². The van der Waals surface area contributed by atoms with Crippen LogP contribution in [-0.4, -0.2) is 35.5 Å². The van der Waals surface area contributed by atoms with E-state index in [0.29, 0.717) is 11.8 Å². The number of H-pyrrole nitrogens is 1. The van der Waals surface area contributed by atoms with Crippen molar-refractivity contribution in [3.8, 4) is 11.1 Å². The van der Waals surface area contributed by atoms with E-state index in [1.165, 1.54) is 27.8 Å². The predicted molar refractivity (Wildman–Crippen MR) is 164 cm³/mol. The van der Waals surface area contributed by atoms with Crippen LogP contribution in [0.15, 0.2) is 97.3 Å². The number of nitrogens with one attached hydrogen (secondary N) is 2. The Hall–Kier alpha value is -3.70. The number of carbonyl (C=O) groups is 1. The van der Waals surface area contributed by atoms with Crippen LogP contribution in [0.3, 0.4) is 0 Å². The lowest BCUT2D eigenvalue weighted by Gasteiger charge is -2.42. The van der Waals surface area contributed by atoms with Gasteiger partial charge in [-0.1, -0.05) is 98.8 Å². The standard InChI is InChI=1S/C36H42N4O/c1-26(2)17-19-39-25-30(22-38-39)31-15-9-10-16-32(31)33-23-37-24-34(33)36(41)40-20-18-29(27-11-5-3-6-12-27)21-35(40)28-13-7-4-8-14-28/h3-16,22,25-26,29,33-35,37H,17-21,23-24H2,1-2H3/p+1/t29-,33-,34+,35+/m0/s1. The molecule has 5 heteroatoms. The maximum absolute atomic E-state index is 14.5. The van der Waals surface area contributed by atoms with E-state index in [1.807, 2.05) is 0 Å². The van der Waals surface area contributed by atoms with E-state index in [2.05, 4.69) is 131 Å². The molecule has 2 saturated heterocycles. The first-order chi connectivity index (χ1) is 20.1. The van der Waals surface area contributed by atoms with E-state index < -0.39 is 0 Å². The Kier molecular flexibility index (Phi) is 8.33. The van der Waals surface area contributed by atoms with Crippen LogP contribution < -0.4 is 10.00 Å². The average molecular weight is 548 g/mol. The Morgan fingerprint density at radius 3 is 2.39 bits per heavy atom. The minimum absolute atomic E-state index is 0.0809. The molecule has 1 amide bonds. The second kappa shape index (κ2) is 12.4. The van der Waals surface area contributed by atoms with Crippen molar-refractivity contribution < 1.29 is 9.48 Å². The third-order valence-electron chi connectivity index (χ3n) is 9.17. The number of likely N-dealkylation sites (tertiary alicyclic amines) is 1. The highest BCUT2D eigenvalue weighted by molar-refractivity contribution is 5.82. The average Bonchev–Trinajstić information content (AvgIpc) is 3.71. The van der Waals surface area contributed by atoms with Gasteiger partial charge in [-0.15, -0.1) is 4.68 Å². The van der Waals surface area contributed by atoms with E-state index in [9.17, 15) is 4.79 Å². The van der Waals surface area contributed by atoms with E-state index in [-0.39, 0.29) is 23.8 Å². The van der Waals surface area contributed by atoms with Gasteiger partial charge >= 0.3 is 0 Å². The molecule has 4 aromatic rings. The van der Waals surface area contributed by atoms with E-state index in [0.717, 1.165) is 45.4 Å². The molecule has 0 saturated carbocycles. The molecule has 3 heterocycles. The number of hydrogen-bond acceptors (Lipinski definition) is 2. The lowest BCUT2D eigenvalue weighted by atomic mass is 9.80. The number of benzene rings is 3. The Morgan fingerprint density at radius 2 is 1.63 bits per heavy atom. The first-order valence-electron chi connectivity index (χ1n) is 15.4.